The molecular formula is C17H17BrClNO3. The summed E-state index contributed by atoms with van der Waals surface area (Å²) in [6.07, 6.45) is 0. The summed E-state index contributed by atoms with van der Waals surface area (Å²) < 4.78 is 11.8. The van der Waals surface area contributed by atoms with Gasteiger partial charge in [-0.15, -0.1) is 0 Å². The summed E-state index contributed by atoms with van der Waals surface area (Å²) in [6.45, 7) is 3.77. The molecule has 0 fully saturated rings. The Morgan fingerprint density at radius 2 is 1.87 bits per heavy atom. The number of carbonyl (C=O) groups excluding carboxylic acids is 1. The van der Waals surface area contributed by atoms with E-state index >= 15 is 0 Å². The number of hydrogen-bond donors (Lipinski definition) is 1. The maximum Gasteiger partial charge on any atom is 0.262 e. The van der Waals surface area contributed by atoms with E-state index in [9.17, 15) is 4.79 Å². The molecular weight excluding hydrogens is 382 g/mol. The number of halogens is 2. The summed E-state index contributed by atoms with van der Waals surface area (Å²) >= 11 is 9.38. The number of aryl methyl sites for hydroxylation is 2. The molecule has 0 spiro atoms. The lowest BCUT2D eigenvalue weighted by Crippen LogP contribution is -2.21. The van der Waals surface area contributed by atoms with Crippen LogP contribution in [0.2, 0.25) is 5.02 Å². The van der Waals surface area contributed by atoms with Crippen molar-refractivity contribution in [1.29, 1.82) is 0 Å². The average Bonchev–Trinajstić information content (AvgIpc) is 2.46. The summed E-state index contributed by atoms with van der Waals surface area (Å²) in [5.41, 5.74) is 2.44. The van der Waals surface area contributed by atoms with E-state index in [0.717, 1.165) is 15.6 Å². The van der Waals surface area contributed by atoms with Gasteiger partial charge in [0.1, 0.15) is 11.5 Å². The molecule has 0 heterocycles. The Bertz CT molecular complexity index is 711. The third-order valence-electron chi connectivity index (χ3n) is 3.21. The lowest BCUT2D eigenvalue weighted by atomic mass is 10.1. The molecule has 0 unspecified atom stereocenters. The fraction of sp³-hybridized carbons (Fsp3) is 0.235. The topological polar surface area (TPSA) is 47.6 Å². The van der Waals surface area contributed by atoms with Gasteiger partial charge in [0, 0.05) is 9.50 Å². The Hall–Kier alpha value is -1.72. The maximum absolute atomic E-state index is 12.1. The van der Waals surface area contributed by atoms with Crippen LogP contribution >= 0.6 is 27.5 Å². The predicted octanol–water partition coefficient (Wildman–Crippen LogP) is 4.75. The molecule has 0 bridgehead atoms. The van der Waals surface area contributed by atoms with E-state index in [0.29, 0.717) is 22.2 Å². The molecule has 0 aliphatic carbocycles. The van der Waals surface area contributed by atoms with E-state index in [-0.39, 0.29) is 12.5 Å². The van der Waals surface area contributed by atoms with Crippen molar-refractivity contribution in [2.24, 2.45) is 0 Å². The van der Waals surface area contributed by atoms with Crippen molar-refractivity contribution in [3.05, 3.63) is 51.0 Å². The van der Waals surface area contributed by atoms with Gasteiger partial charge in [-0.3, -0.25) is 4.79 Å². The number of hydrogen-bond acceptors (Lipinski definition) is 3. The van der Waals surface area contributed by atoms with Crippen LogP contribution in [0, 0.1) is 13.8 Å². The van der Waals surface area contributed by atoms with Crippen LogP contribution in [0.25, 0.3) is 0 Å². The largest absolute Gasteiger partial charge is 0.495 e. The Morgan fingerprint density at radius 1 is 1.22 bits per heavy atom. The quantitative estimate of drug-likeness (QED) is 0.791. The van der Waals surface area contributed by atoms with Crippen molar-refractivity contribution in [3.8, 4) is 11.5 Å². The molecule has 4 nitrogen and oxygen atoms in total. The molecule has 122 valence electrons. The number of rotatable bonds is 5. The van der Waals surface area contributed by atoms with Crippen LogP contribution in [0.3, 0.4) is 0 Å². The van der Waals surface area contributed by atoms with E-state index in [2.05, 4.69) is 21.2 Å². The van der Waals surface area contributed by atoms with Gasteiger partial charge in [-0.2, -0.15) is 0 Å². The van der Waals surface area contributed by atoms with Crippen molar-refractivity contribution in [3.63, 3.8) is 0 Å². The molecule has 1 N–H and O–H groups in total. The second kappa shape index (κ2) is 7.70. The molecule has 2 aromatic rings. The molecule has 1 amide bonds. The van der Waals surface area contributed by atoms with Crippen LogP contribution in [0.4, 0.5) is 5.69 Å². The maximum atomic E-state index is 12.1. The fourth-order valence-corrected chi connectivity index (χ4v) is 3.09. The lowest BCUT2D eigenvalue weighted by Gasteiger charge is -2.14. The highest BCUT2D eigenvalue weighted by Crippen LogP contribution is 2.29. The number of nitrogens with one attached hydrogen (secondary N) is 1. The molecule has 6 heteroatoms. The van der Waals surface area contributed by atoms with Crippen molar-refractivity contribution in [1.82, 2.24) is 0 Å². The van der Waals surface area contributed by atoms with Gasteiger partial charge >= 0.3 is 0 Å². The molecule has 0 aromatic heterocycles. The summed E-state index contributed by atoms with van der Waals surface area (Å²) in [4.78, 5) is 12.1. The van der Waals surface area contributed by atoms with Crippen molar-refractivity contribution < 1.29 is 14.3 Å². The van der Waals surface area contributed by atoms with E-state index in [1.807, 2.05) is 26.0 Å². The van der Waals surface area contributed by atoms with Crippen molar-refractivity contribution in [2.45, 2.75) is 13.8 Å². The average molecular weight is 399 g/mol. The monoisotopic (exact) mass is 397 g/mol. The third kappa shape index (κ3) is 4.62. The van der Waals surface area contributed by atoms with E-state index < -0.39 is 0 Å². The van der Waals surface area contributed by atoms with E-state index in [4.69, 9.17) is 21.1 Å². The molecule has 23 heavy (non-hydrogen) atoms. The molecule has 2 rings (SSSR count). The number of ether oxygens (including phenoxy) is 2. The molecule has 0 radical (unpaired) electrons. The first kappa shape index (κ1) is 17.6. The Morgan fingerprint density at radius 3 is 2.48 bits per heavy atom. The second-order valence-electron chi connectivity index (χ2n) is 5.05. The van der Waals surface area contributed by atoms with Gasteiger partial charge in [0.05, 0.1) is 12.8 Å². The number of benzene rings is 2. The third-order valence-corrected chi connectivity index (χ3v) is 3.90. The van der Waals surface area contributed by atoms with Gasteiger partial charge in [0.15, 0.2) is 6.61 Å². The normalized spacial score (nSPS) is 10.3. The Kier molecular flexibility index (Phi) is 5.91. The van der Waals surface area contributed by atoms with Gasteiger partial charge < -0.3 is 14.8 Å². The van der Waals surface area contributed by atoms with Crippen LogP contribution in [0.5, 0.6) is 11.5 Å². The zero-order valence-corrected chi connectivity index (χ0v) is 15.4. The Balaban J connectivity index is 2.05. The van der Waals surface area contributed by atoms with Crippen LogP contribution in [-0.4, -0.2) is 19.6 Å². The van der Waals surface area contributed by atoms with Crippen LogP contribution in [0.1, 0.15) is 11.1 Å². The summed E-state index contributed by atoms with van der Waals surface area (Å²) in [5.74, 6) is 0.965. The highest BCUT2D eigenvalue weighted by atomic mass is 79.9. The minimum atomic E-state index is -0.285. The summed E-state index contributed by atoms with van der Waals surface area (Å²) in [5, 5.41) is 3.26. The van der Waals surface area contributed by atoms with Crippen molar-refractivity contribution in [2.75, 3.05) is 19.0 Å². The first-order valence-electron chi connectivity index (χ1n) is 6.93. The van der Waals surface area contributed by atoms with E-state index in [1.54, 1.807) is 18.2 Å². The standard InChI is InChI=1S/C17H17BrClNO3/c1-10-6-12(18)7-11(2)17(10)23-9-16(21)20-14-8-13(19)4-5-15(14)22-3/h4-8H,9H2,1-3H3,(H,20,21). The SMILES string of the molecule is COc1ccc(Cl)cc1NC(=O)COc1c(C)cc(Br)cc1C. The molecule has 0 atom stereocenters. The lowest BCUT2D eigenvalue weighted by molar-refractivity contribution is -0.118. The van der Waals surface area contributed by atoms with Gasteiger partial charge in [0.25, 0.3) is 5.91 Å². The first-order chi connectivity index (χ1) is 10.9. The molecule has 0 saturated heterocycles. The highest BCUT2D eigenvalue weighted by molar-refractivity contribution is 9.10. The van der Waals surface area contributed by atoms with Gasteiger partial charge in [0.2, 0.25) is 0 Å². The van der Waals surface area contributed by atoms with Crippen LogP contribution < -0.4 is 14.8 Å². The van der Waals surface area contributed by atoms with Gasteiger partial charge in [-0.25, -0.2) is 0 Å². The molecule has 0 aliphatic heterocycles. The van der Waals surface area contributed by atoms with Gasteiger partial charge in [-0.05, 0) is 55.3 Å². The smallest absolute Gasteiger partial charge is 0.262 e. The number of anilines is 1. The van der Waals surface area contributed by atoms with Crippen molar-refractivity contribution >= 4 is 39.1 Å². The highest BCUT2D eigenvalue weighted by Gasteiger charge is 2.11. The zero-order chi connectivity index (χ0) is 17.0. The Labute approximate surface area is 148 Å². The first-order valence-corrected chi connectivity index (χ1v) is 8.10. The number of methoxy groups -OCH3 is 1. The zero-order valence-electron chi connectivity index (χ0n) is 13.1. The summed E-state index contributed by atoms with van der Waals surface area (Å²) in [7, 11) is 1.53. The number of amides is 1. The second-order valence-corrected chi connectivity index (χ2v) is 6.40. The molecule has 2 aromatic carbocycles. The van der Waals surface area contributed by atoms with Gasteiger partial charge in [-0.1, -0.05) is 27.5 Å². The minimum absolute atomic E-state index is 0.0982. The summed E-state index contributed by atoms with van der Waals surface area (Å²) in [6, 6.07) is 8.91. The number of carbonyl (C=O) groups is 1. The van der Waals surface area contributed by atoms with Crippen LogP contribution in [0.15, 0.2) is 34.8 Å². The molecule has 0 saturated carbocycles. The van der Waals surface area contributed by atoms with Crippen LogP contribution in [-0.2, 0) is 4.79 Å². The van der Waals surface area contributed by atoms with E-state index in [1.165, 1.54) is 7.11 Å². The molecule has 0 aliphatic rings. The minimum Gasteiger partial charge on any atom is -0.495 e. The predicted molar refractivity (Wildman–Crippen MR) is 95.7 cm³/mol. The fourth-order valence-electron chi connectivity index (χ4n) is 2.23.